The molecule has 0 radical (unpaired) electrons. The molecule has 2 rings (SSSR count). The molecule has 22 heavy (non-hydrogen) atoms. The SMILES string of the molecule is COc1cc(S(=O)(=O)c2ccccc2)c(O)cc1C(C)(C)C. The fraction of sp³-hybridized carbons (Fsp3) is 0.294. The van der Waals surface area contributed by atoms with Crippen molar-refractivity contribution in [3.8, 4) is 11.5 Å². The van der Waals surface area contributed by atoms with Crippen molar-refractivity contribution in [3.63, 3.8) is 0 Å². The summed E-state index contributed by atoms with van der Waals surface area (Å²) in [5.41, 5.74) is 0.470. The van der Waals surface area contributed by atoms with Crippen molar-refractivity contribution in [2.45, 2.75) is 36.0 Å². The van der Waals surface area contributed by atoms with Crippen LogP contribution in [0.5, 0.6) is 11.5 Å². The zero-order valence-corrected chi connectivity index (χ0v) is 13.9. The monoisotopic (exact) mass is 320 g/mol. The van der Waals surface area contributed by atoms with E-state index in [0.29, 0.717) is 5.75 Å². The highest BCUT2D eigenvalue weighted by atomic mass is 32.2. The zero-order chi connectivity index (χ0) is 16.5. The highest BCUT2D eigenvalue weighted by Gasteiger charge is 2.27. The maximum absolute atomic E-state index is 12.7. The lowest BCUT2D eigenvalue weighted by atomic mass is 9.86. The highest BCUT2D eigenvalue weighted by Crippen LogP contribution is 2.39. The summed E-state index contributed by atoms with van der Waals surface area (Å²) in [6, 6.07) is 10.9. The summed E-state index contributed by atoms with van der Waals surface area (Å²) < 4.78 is 30.7. The molecule has 0 heterocycles. The van der Waals surface area contributed by atoms with Crippen LogP contribution in [-0.2, 0) is 15.3 Å². The van der Waals surface area contributed by atoms with Gasteiger partial charge in [-0.1, -0.05) is 39.0 Å². The van der Waals surface area contributed by atoms with Crippen LogP contribution in [0.4, 0.5) is 0 Å². The van der Waals surface area contributed by atoms with Crippen LogP contribution in [0.3, 0.4) is 0 Å². The molecule has 0 aliphatic heterocycles. The second-order valence-corrected chi connectivity index (χ2v) is 8.00. The molecule has 0 aromatic heterocycles. The topological polar surface area (TPSA) is 63.6 Å². The molecule has 0 amide bonds. The maximum atomic E-state index is 12.7. The smallest absolute Gasteiger partial charge is 0.210 e. The average Bonchev–Trinajstić information content (AvgIpc) is 2.46. The van der Waals surface area contributed by atoms with Crippen LogP contribution in [0.15, 0.2) is 52.3 Å². The molecule has 0 aliphatic rings. The summed E-state index contributed by atoms with van der Waals surface area (Å²) in [5.74, 6) is 0.175. The minimum atomic E-state index is -3.79. The van der Waals surface area contributed by atoms with Gasteiger partial charge in [0.05, 0.1) is 12.0 Å². The predicted octanol–water partition coefficient (Wildman–Crippen LogP) is 3.53. The summed E-state index contributed by atoms with van der Waals surface area (Å²) in [4.78, 5) is -0.0144. The van der Waals surface area contributed by atoms with E-state index >= 15 is 0 Å². The van der Waals surface area contributed by atoms with Gasteiger partial charge in [0.15, 0.2) is 0 Å². The molecule has 0 atom stereocenters. The second-order valence-electron chi connectivity index (χ2n) is 6.09. The number of methoxy groups -OCH3 is 1. The Morgan fingerprint density at radius 2 is 1.64 bits per heavy atom. The summed E-state index contributed by atoms with van der Waals surface area (Å²) in [6.45, 7) is 5.90. The molecule has 0 saturated heterocycles. The Balaban J connectivity index is 2.68. The van der Waals surface area contributed by atoms with Gasteiger partial charge in [-0.2, -0.15) is 0 Å². The molecule has 1 N–H and O–H groups in total. The Morgan fingerprint density at radius 3 is 2.14 bits per heavy atom. The molecule has 0 saturated carbocycles. The van der Waals surface area contributed by atoms with Crippen LogP contribution >= 0.6 is 0 Å². The molecule has 0 unspecified atom stereocenters. The molecule has 0 fully saturated rings. The lowest BCUT2D eigenvalue weighted by Gasteiger charge is -2.23. The van der Waals surface area contributed by atoms with Crippen LogP contribution in [0.1, 0.15) is 26.3 Å². The molecule has 2 aromatic rings. The van der Waals surface area contributed by atoms with E-state index in [4.69, 9.17) is 4.74 Å². The summed E-state index contributed by atoms with van der Waals surface area (Å²) in [5, 5.41) is 10.2. The number of aromatic hydroxyl groups is 1. The molecule has 5 heteroatoms. The largest absolute Gasteiger partial charge is 0.507 e. The minimum Gasteiger partial charge on any atom is -0.507 e. The summed E-state index contributed by atoms with van der Waals surface area (Å²) in [6.07, 6.45) is 0. The van der Waals surface area contributed by atoms with Gasteiger partial charge >= 0.3 is 0 Å². The zero-order valence-electron chi connectivity index (χ0n) is 13.1. The van der Waals surface area contributed by atoms with Crippen LogP contribution in [0.2, 0.25) is 0 Å². The molecule has 2 aromatic carbocycles. The van der Waals surface area contributed by atoms with E-state index in [-0.39, 0.29) is 21.0 Å². The normalized spacial score (nSPS) is 12.2. The number of hydrogen-bond donors (Lipinski definition) is 1. The van der Waals surface area contributed by atoms with Gasteiger partial charge in [-0.05, 0) is 23.6 Å². The molecule has 0 aliphatic carbocycles. The van der Waals surface area contributed by atoms with E-state index in [0.717, 1.165) is 5.56 Å². The molecular weight excluding hydrogens is 300 g/mol. The van der Waals surface area contributed by atoms with E-state index in [1.165, 1.54) is 31.4 Å². The number of rotatable bonds is 3. The first-order valence-electron chi connectivity index (χ1n) is 6.89. The fourth-order valence-corrected chi connectivity index (χ4v) is 3.61. The number of hydrogen-bond acceptors (Lipinski definition) is 4. The van der Waals surface area contributed by atoms with Crippen molar-refractivity contribution >= 4 is 9.84 Å². The third-order valence-corrected chi connectivity index (χ3v) is 5.23. The predicted molar refractivity (Wildman–Crippen MR) is 85.3 cm³/mol. The first-order chi connectivity index (χ1) is 10.2. The van der Waals surface area contributed by atoms with Gasteiger partial charge in [0.2, 0.25) is 9.84 Å². The van der Waals surface area contributed by atoms with Crippen LogP contribution in [0, 0.1) is 0 Å². The number of sulfone groups is 1. The first-order valence-corrected chi connectivity index (χ1v) is 8.38. The van der Waals surface area contributed by atoms with Gasteiger partial charge in [0.25, 0.3) is 0 Å². The molecule has 4 nitrogen and oxygen atoms in total. The van der Waals surface area contributed by atoms with Crippen molar-refractivity contribution < 1.29 is 18.3 Å². The Hall–Kier alpha value is -2.01. The standard InChI is InChI=1S/C17H20O4S/c1-17(2,3)13-10-14(18)16(11-15(13)21-4)22(19,20)12-8-6-5-7-9-12/h5-11,18H,1-4H3. The number of phenolic OH excluding ortho intramolecular Hbond substituents is 1. The van der Waals surface area contributed by atoms with Crippen molar-refractivity contribution in [2.24, 2.45) is 0 Å². The third kappa shape index (κ3) is 2.95. The Bertz CT molecular complexity index is 772. The van der Waals surface area contributed by atoms with Crippen LogP contribution in [0.25, 0.3) is 0 Å². The lowest BCUT2D eigenvalue weighted by molar-refractivity contribution is 0.390. The van der Waals surface area contributed by atoms with E-state index in [1.54, 1.807) is 18.2 Å². The molecular formula is C17H20O4S. The first kappa shape index (κ1) is 16.4. The Kier molecular flexibility index (Phi) is 4.20. The Morgan fingerprint density at radius 1 is 1.05 bits per heavy atom. The van der Waals surface area contributed by atoms with Gasteiger partial charge in [0, 0.05) is 11.6 Å². The van der Waals surface area contributed by atoms with Gasteiger partial charge in [-0.3, -0.25) is 0 Å². The van der Waals surface area contributed by atoms with E-state index < -0.39 is 9.84 Å². The average molecular weight is 320 g/mol. The van der Waals surface area contributed by atoms with Gasteiger partial charge < -0.3 is 9.84 Å². The number of phenols is 1. The second kappa shape index (κ2) is 5.65. The van der Waals surface area contributed by atoms with Crippen molar-refractivity contribution in [1.29, 1.82) is 0 Å². The van der Waals surface area contributed by atoms with E-state index in [1.807, 2.05) is 20.8 Å². The maximum Gasteiger partial charge on any atom is 0.210 e. The molecule has 118 valence electrons. The molecule has 0 spiro atoms. The van der Waals surface area contributed by atoms with Gasteiger partial charge in [0.1, 0.15) is 16.4 Å². The van der Waals surface area contributed by atoms with Gasteiger partial charge in [-0.25, -0.2) is 8.42 Å². The fourth-order valence-electron chi connectivity index (χ4n) is 2.25. The quantitative estimate of drug-likeness (QED) is 0.939. The molecule has 0 bridgehead atoms. The minimum absolute atomic E-state index is 0.135. The number of benzene rings is 2. The van der Waals surface area contributed by atoms with E-state index in [9.17, 15) is 13.5 Å². The lowest BCUT2D eigenvalue weighted by Crippen LogP contribution is -2.14. The van der Waals surface area contributed by atoms with Crippen molar-refractivity contribution in [2.75, 3.05) is 7.11 Å². The van der Waals surface area contributed by atoms with Gasteiger partial charge in [-0.15, -0.1) is 0 Å². The van der Waals surface area contributed by atoms with Crippen molar-refractivity contribution in [1.82, 2.24) is 0 Å². The summed E-state index contributed by atoms with van der Waals surface area (Å²) >= 11 is 0. The Labute approximate surface area is 131 Å². The van der Waals surface area contributed by atoms with Crippen LogP contribution < -0.4 is 4.74 Å². The number of ether oxygens (including phenoxy) is 1. The van der Waals surface area contributed by atoms with Crippen molar-refractivity contribution in [3.05, 3.63) is 48.0 Å². The highest BCUT2D eigenvalue weighted by molar-refractivity contribution is 7.91. The summed E-state index contributed by atoms with van der Waals surface area (Å²) in [7, 11) is -2.31. The van der Waals surface area contributed by atoms with Crippen LogP contribution in [-0.4, -0.2) is 20.6 Å². The van der Waals surface area contributed by atoms with E-state index in [2.05, 4.69) is 0 Å². The third-order valence-electron chi connectivity index (χ3n) is 3.43.